The third-order valence-corrected chi connectivity index (χ3v) is 4.28. The molecule has 0 radical (unpaired) electrons. The van der Waals surface area contributed by atoms with Crippen molar-refractivity contribution in [1.82, 2.24) is 0 Å². The Balaban J connectivity index is 2.54. The molecule has 0 heterocycles. The molecule has 0 aromatic rings. The topological polar surface area (TPSA) is 52.6 Å². The van der Waals surface area contributed by atoms with Crippen LogP contribution in [0.15, 0.2) is 0 Å². The Morgan fingerprint density at radius 3 is 1.78 bits per heavy atom. The SMILES string of the molecule is CC(C)COC(=O)C(CCC1CCCCC1)C(=O)OCC(C)C. The molecule has 0 atom stereocenters. The average molecular weight is 326 g/mol. The number of carbonyl (C=O) groups is 2. The minimum absolute atomic E-state index is 0.268. The monoisotopic (exact) mass is 326 g/mol. The van der Waals surface area contributed by atoms with E-state index in [1.54, 1.807) is 0 Å². The maximum atomic E-state index is 12.3. The summed E-state index contributed by atoms with van der Waals surface area (Å²) in [7, 11) is 0. The van der Waals surface area contributed by atoms with Crippen molar-refractivity contribution in [3.05, 3.63) is 0 Å². The van der Waals surface area contributed by atoms with Crippen molar-refractivity contribution in [3.8, 4) is 0 Å². The first-order chi connectivity index (χ1) is 10.9. The molecule has 0 aromatic heterocycles. The van der Waals surface area contributed by atoms with E-state index < -0.39 is 17.9 Å². The second-order valence-electron chi connectivity index (χ2n) is 7.68. The summed E-state index contributed by atoms with van der Waals surface area (Å²) < 4.78 is 10.6. The van der Waals surface area contributed by atoms with Crippen LogP contribution in [0.4, 0.5) is 0 Å². The van der Waals surface area contributed by atoms with E-state index in [-0.39, 0.29) is 11.8 Å². The van der Waals surface area contributed by atoms with E-state index in [4.69, 9.17) is 9.47 Å². The Labute approximate surface area is 141 Å². The largest absolute Gasteiger partial charge is 0.465 e. The molecule has 4 nitrogen and oxygen atoms in total. The molecule has 0 unspecified atom stereocenters. The Morgan fingerprint density at radius 2 is 1.35 bits per heavy atom. The fraction of sp³-hybridized carbons (Fsp3) is 0.895. The third kappa shape index (κ3) is 8.38. The zero-order valence-electron chi connectivity index (χ0n) is 15.3. The normalized spacial score (nSPS) is 16.1. The molecule has 0 N–H and O–H groups in total. The van der Waals surface area contributed by atoms with Gasteiger partial charge in [-0.1, -0.05) is 59.8 Å². The van der Waals surface area contributed by atoms with Gasteiger partial charge in [0.2, 0.25) is 0 Å². The number of esters is 2. The predicted molar refractivity (Wildman–Crippen MR) is 90.9 cm³/mol. The number of ether oxygens (including phenoxy) is 2. The van der Waals surface area contributed by atoms with E-state index in [0.29, 0.717) is 25.6 Å². The highest BCUT2D eigenvalue weighted by molar-refractivity contribution is 5.94. The summed E-state index contributed by atoms with van der Waals surface area (Å²) in [6, 6.07) is 0. The summed E-state index contributed by atoms with van der Waals surface area (Å²) in [4.78, 5) is 24.6. The van der Waals surface area contributed by atoms with Gasteiger partial charge in [-0.05, 0) is 30.6 Å². The maximum Gasteiger partial charge on any atom is 0.320 e. The average Bonchev–Trinajstić information content (AvgIpc) is 2.52. The molecule has 134 valence electrons. The fourth-order valence-electron chi connectivity index (χ4n) is 2.91. The van der Waals surface area contributed by atoms with E-state index in [9.17, 15) is 9.59 Å². The van der Waals surface area contributed by atoms with Crippen molar-refractivity contribution < 1.29 is 19.1 Å². The Morgan fingerprint density at radius 1 is 0.870 bits per heavy atom. The van der Waals surface area contributed by atoms with E-state index in [1.807, 2.05) is 27.7 Å². The number of carbonyl (C=O) groups excluding carboxylic acids is 2. The molecule has 0 amide bonds. The summed E-state index contributed by atoms with van der Waals surface area (Å²) in [5.41, 5.74) is 0. The van der Waals surface area contributed by atoms with Gasteiger partial charge in [0.05, 0.1) is 13.2 Å². The maximum absolute atomic E-state index is 12.3. The second-order valence-corrected chi connectivity index (χ2v) is 7.68. The third-order valence-electron chi connectivity index (χ3n) is 4.28. The molecular formula is C19H34O4. The van der Waals surface area contributed by atoms with Crippen molar-refractivity contribution in [2.45, 2.75) is 72.6 Å². The Hall–Kier alpha value is -1.06. The van der Waals surface area contributed by atoms with Crippen LogP contribution in [0.2, 0.25) is 0 Å². The van der Waals surface area contributed by atoms with Crippen LogP contribution in [-0.4, -0.2) is 25.2 Å². The van der Waals surface area contributed by atoms with Gasteiger partial charge in [0.25, 0.3) is 0 Å². The molecule has 0 bridgehead atoms. The van der Waals surface area contributed by atoms with Gasteiger partial charge < -0.3 is 9.47 Å². The van der Waals surface area contributed by atoms with Gasteiger partial charge in [0.15, 0.2) is 5.92 Å². The zero-order chi connectivity index (χ0) is 17.2. The van der Waals surface area contributed by atoms with Gasteiger partial charge in [0, 0.05) is 0 Å². The van der Waals surface area contributed by atoms with Crippen molar-refractivity contribution in [3.63, 3.8) is 0 Å². The molecule has 0 saturated heterocycles. The Bertz CT molecular complexity index is 332. The lowest BCUT2D eigenvalue weighted by Crippen LogP contribution is -2.30. The van der Waals surface area contributed by atoms with Gasteiger partial charge in [0.1, 0.15) is 0 Å². The summed E-state index contributed by atoms with van der Waals surface area (Å²) in [5, 5.41) is 0. The first kappa shape index (κ1) is 20.0. The van der Waals surface area contributed by atoms with Gasteiger partial charge >= 0.3 is 11.9 Å². The summed E-state index contributed by atoms with van der Waals surface area (Å²) in [6.07, 6.45) is 7.75. The van der Waals surface area contributed by atoms with E-state index in [1.165, 1.54) is 32.1 Å². The number of rotatable bonds is 9. The molecule has 1 aliphatic rings. The van der Waals surface area contributed by atoms with E-state index in [0.717, 1.165) is 6.42 Å². The molecule has 1 rings (SSSR count). The highest BCUT2D eigenvalue weighted by Gasteiger charge is 2.31. The van der Waals surface area contributed by atoms with Crippen molar-refractivity contribution >= 4 is 11.9 Å². The van der Waals surface area contributed by atoms with Crippen LogP contribution in [0, 0.1) is 23.7 Å². The number of hydrogen-bond donors (Lipinski definition) is 0. The van der Waals surface area contributed by atoms with Crippen LogP contribution in [0.1, 0.15) is 72.6 Å². The molecule has 1 fully saturated rings. The minimum atomic E-state index is -0.755. The first-order valence-corrected chi connectivity index (χ1v) is 9.23. The highest BCUT2D eigenvalue weighted by atomic mass is 16.6. The molecular weight excluding hydrogens is 292 g/mol. The molecule has 23 heavy (non-hydrogen) atoms. The van der Waals surface area contributed by atoms with Crippen molar-refractivity contribution in [1.29, 1.82) is 0 Å². The smallest absolute Gasteiger partial charge is 0.320 e. The van der Waals surface area contributed by atoms with Crippen LogP contribution < -0.4 is 0 Å². The van der Waals surface area contributed by atoms with Crippen LogP contribution in [0.5, 0.6) is 0 Å². The number of hydrogen-bond acceptors (Lipinski definition) is 4. The minimum Gasteiger partial charge on any atom is -0.465 e. The predicted octanol–water partition coefficient (Wildman–Crippen LogP) is 4.36. The van der Waals surface area contributed by atoms with E-state index >= 15 is 0 Å². The van der Waals surface area contributed by atoms with Crippen molar-refractivity contribution in [2.24, 2.45) is 23.7 Å². The van der Waals surface area contributed by atoms with Crippen LogP contribution in [0.3, 0.4) is 0 Å². The van der Waals surface area contributed by atoms with Crippen LogP contribution >= 0.6 is 0 Å². The lowest BCUT2D eigenvalue weighted by Gasteiger charge is -2.23. The van der Waals surface area contributed by atoms with Gasteiger partial charge in [-0.2, -0.15) is 0 Å². The fourth-order valence-corrected chi connectivity index (χ4v) is 2.91. The lowest BCUT2D eigenvalue weighted by molar-refractivity contribution is -0.163. The summed E-state index contributed by atoms with van der Waals surface area (Å²) in [6.45, 7) is 8.66. The molecule has 1 saturated carbocycles. The standard InChI is InChI=1S/C19H34O4/c1-14(2)12-22-18(20)17(19(21)23-13-15(3)4)11-10-16-8-6-5-7-9-16/h14-17H,5-13H2,1-4H3. The summed E-state index contributed by atoms with van der Waals surface area (Å²) >= 11 is 0. The van der Waals surface area contributed by atoms with Crippen LogP contribution in [-0.2, 0) is 19.1 Å². The first-order valence-electron chi connectivity index (χ1n) is 9.23. The lowest BCUT2D eigenvalue weighted by atomic mass is 9.84. The van der Waals surface area contributed by atoms with Gasteiger partial charge in [-0.25, -0.2) is 0 Å². The van der Waals surface area contributed by atoms with Crippen LogP contribution in [0.25, 0.3) is 0 Å². The summed E-state index contributed by atoms with van der Waals surface area (Å²) in [5.74, 6) is -0.405. The van der Waals surface area contributed by atoms with Gasteiger partial charge in [-0.15, -0.1) is 0 Å². The highest BCUT2D eigenvalue weighted by Crippen LogP contribution is 2.29. The quantitative estimate of drug-likeness (QED) is 0.466. The zero-order valence-corrected chi connectivity index (χ0v) is 15.3. The molecule has 4 heteroatoms. The van der Waals surface area contributed by atoms with E-state index in [2.05, 4.69) is 0 Å². The van der Waals surface area contributed by atoms with Crippen molar-refractivity contribution in [2.75, 3.05) is 13.2 Å². The molecule has 0 aliphatic heterocycles. The molecule has 0 spiro atoms. The molecule has 0 aromatic carbocycles. The van der Waals surface area contributed by atoms with Gasteiger partial charge in [-0.3, -0.25) is 9.59 Å². The Kier molecular flexibility index (Phi) is 9.27. The second kappa shape index (κ2) is 10.7. The molecule has 1 aliphatic carbocycles.